The molecule has 0 heterocycles. The molecule has 0 aliphatic carbocycles. The van der Waals surface area contributed by atoms with Crippen molar-refractivity contribution in [3.63, 3.8) is 0 Å². The Morgan fingerprint density at radius 3 is 0.815 bits per heavy atom. The summed E-state index contributed by atoms with van der Waals surface area (Å²) in [5.41, 5.74) is 0. The van der Waals surface area contributed by atoms with E-state index in [0.717, 1.165) is 0 Å². The van der Waals surface area contributed by atoms with Crippen LogP contribution in [0.2, 0.25) is 0 Å². The third kappa shape index (κ3) is 6.22. The molecule has 10 nitrogen and oxygen atoms in total. The number of hydrogen-bond acceptors (Lipinski definition) is 8. The van der Waals surface area contributed by atoms with E-state index in [0.29, 0.717) is 0 Å². The summed E-state index contributed by atoms with van der Waals surface area (Å²) in [6, 6.07) is 0. The molecular weight excluding hydrogens is 488 g/mol. The maximum atomic E-state index is 12.0. The van der Waals surface area contributed by atoms with Gasteiger partial charge in [-0.1, -0.05) is 0 Å². The normalized spacial score (nSPS) is 13.7. The van der Waals surface area contributed by atoms with E-state index in [2.05, 4.69) is 0 Å². The average molecular weight is 490 g/mol. The van der Waals surface area contributed by atoms with Gasteiger partial charge in [0.15, 0.2) is 0 Å². The van der Waals surface area contributed by atoms with Crippen molar-refractivity contribution in [2.75, 3.05) is 0 Å². The zero-order valence-electron chi connectivity index (χ0n) is 11.7. The summed E-state index contributed by atoms with van der Waals surface area (Å²) < 4.78 is 149. The minimum absolute atomic E-state index is 0. The number of hydrogen-bond donors (Lipinski definition) is 2. The second-order valence-electron chi connectivity index (χ2n) is 3.71. The summed E-state index contributed by atoms with van der Waals surface area (Å²) in [7, 11) is -13.0. The standard InChI is InChI=1S/2C3H2F4O5S.Ca/c2*4-2(5,1(8)9)3(6,7)13(10,11)12;/h2*(H,8,9)(H,10,11,12);/q;;+2/p-2. The van der Waals surface area contributed by atoms with Crippen LogP contribution in [0.5, 0.6) is 0 Å². The first-order chi connectivity index (χ1) is 10.9. The van der Waals surface area contributed by atoms with Crippen LogP contribution in [0.3, 0.4) is 0 Å². The first-order valence-electron chi connectivity index (χ1n) is 4.77. The Kier molecular flexibility index (Phi) is 10.2. The summed E-state index contributed by atoms with van der Waals surface area (Å²) in [4.78, 5) is 18.8. The van der Waals surface area contributed by atoms with Gasteiger partial charge in [0, 0.05) is 0 Å². The maximum Gasteiger partial charge on any atom is 2.00 e. The largest absolute Gasteiger partial charge is 2.00 e. The number of halogens is 8. The minimum atomic E-state index is -6.51. The molecule has 0 aromatic heterocycles. The molecule has 0 aliphatic rings. The maximum absolute atomic E-state index is 12.0. The van der Waals surface area contributed by atoms with Crippen molar-refractivity contribution in [1.82, 2.24) is 0 Å². The molecule has 0 radical (unpaired) electrons. The molecule has 0 aliphatic heterocycles. The molecule has 0 saturated heterocycles. The molecule has 0 aromatic rings. The molecule has 27 heavy (non-hydrogen) atoms. The van der Waals surface area contributed by atoms with Gasteiger partial charge in [-0.05, 0) is 0 Å². The van der Waals surface area contributed by atoms with Gasteiger partial charge in [0.25, 0.3) is 0 Å². The molecule has 0 unspecified atom stereocenters. The Balaban J connectivity index is -0.000000411. The van der Waals surface area contributed by atoms with Gasteiger partial charge in [0.05, 0.1) is 0 Å². The third-order valence-electron chi connectivity index (χ3n) is 1.89. The number of aliphatic carboxylic acids is 2. The Bertz CT molecular complexity index is 710. The number of carboxylic acids is 2. The Labute approximate surface area is 172 Å². The third-order valence-corrected chi connectivity index (χ3v) is 3.70. The van der Waals surface area contributed by atoms with Crippen molar-refractivity contribution in [3.05, 3.63) is 0 Å². The van der Waals surface area contributed by atoms with Crippen LogP contribution >= 0.6 is 0 Å². The molecule has 156 valence electrons. The molecule has 0 spiro atoms. The van der Waals surface area contributed by atoms with Crippen LogP contribution in [0, 0.1) is 0 Å². The topological polar surface area (TPSA) is 189 Å². The predicted molar refractivity (Wildman–Crippen MR) is 58.7 cm³/mol. The summed E-state index contributed by atoms with van der Waals surface area (Å²) in [6.45, 7) is 0. The van der Waals surface area contributed by atoms with Gasteiger partial charge >= 0.3 is 80.3 Å². The van der Waals surface area contributed by atoms with Crippen molar-refractivity contribution in [2.24, 2.45) is 0 Å². The van der Waals surface area contributed by atoms with Gasteiger partial charge in [-0.15, -0.1) is 0 Å². The van der Waals surface area contributed by atoms with E-state index in [1.165, 1.54) is 0 Å². The van der Waals surface area contributed by atoms with Gasteiger partial charge in [0.1, 0.15) is 11.9 Å². The van der Waals surface area contributed by atoms with Gasteiger partial charge in [-0.3, -0.25) is 9.11 Å². The van der Waals surface area contributed by atoms with Crippen LogP contribution < -0.4 is 10.2 Å². The molecule has 21 heteroatoms. The second kappa shape index (κ2) is 8.86. The van der Waals surface area contributed by atoms with Crippen LogP contribution in [-0.2, 0) is 29.8 Å². The number of carboxylic acid groups (broad SMARTS) is 2. The molecule has 0 saturated carbocycles. The Morgan fingerprint density at radius 1 is 0.630 bits per heavy atom. The van der Waals surface area contributed by atoms with E-state index in [1.807, 2.05) is 0 Å². The quantitative estimate of drug-likeness (QED) is 0.226. The fourth-order valence-corrected chi connectivity index (χ4v) is 1.38. The monoisotopic (exact) mass is 490 g/mol. The van der Waals surface area contributed by atoms with Gasteiger partial charge in [-0.2, -0.15) is 52.0 Å². The first-order valence-corrected chi connectivity index (χ1v) is 7.65. The fourth-order valence-electron chi connectivity index (χ4n) is 0.562. The molecule has 0 bridgehead atoms. The molecule has 0 atom stereocenters. The summed E-state index contributed by atoms with van der Waals surface area (Å²) in [6.07, 6.45) is 0. The molecule has 2 N–H and O–H groups in total. The van der Waals surface area contributed by atoms with Gasteiger partial charge < -0.3 is 19.8 Å². The van der Waals surface area contributed by atoms with Crippen LogP contribution in [0.4, 0.5) is 35.1 Å². The number of carbonyl (C=O) groups excluding carboxylic acids is 2. The number of alkyl halides is 8. The summed E-state index contributed by atoms with van der Waals surface area (Å²) in [5.74, 6) is -19.2. The van der Waals surface area contributed by atoms with Crippen LogP contribution in [0.1, 0.15) is 0 Å². The van der Waals surface area contributed by atoms with Crippen molar-refractivity contribution < 1.29 is 80.9 Å². The zero-order chi connectivity index (χ0) is 22.2. The molecule has 0 rings (SSSR count). The van der Waals surface area contributed by atoms with E-state index in [1.54, 1.807) is 0 Å². The molecule has 0 fully saturated rings. The SMILES string of the molecule is O=C([O-])C(F)(F)C(F)(F)S(=O)(=O)O.O=C([O-])C(F)(F)C(F)(F)S(=O)(=O)O.[Ca+2]. The fraction of sp³-hybridized carbons (Fsp3) is 0.667. The minimum Gasteiger partial charge on any atom is -0.544 e. The van der Waals surface area contributed by atoms with E-state index < -0.39 is 54.5 Å². The van der Waals surface area contributed by atoms with Crippen molar-refractivity contribution in [1.29, 1.82) is 0 Å². The van der Waals surface area contributed by atoms with E-state index in [-0.39, 0.29) is 37.7 Å². The Morgan fingerprint density at radius 2 is 0.778 bits per heavy atom. The summed E-state index contributed by atoms with van der Waals surface area (Å²) >= 11 is 0. The smallest absolute Gasteiger partial charge is 0.544 e. The number of carbonyl (C=O) groups is 2. The van der Waals surface area contributed by atoms with Crippen LogP contribution in [-0.4, -0.2) is 98.0 Å². The van der Waals surface area contributed by atoms with E-state index >= 15 is 0 Å². The average Bonchev–Trinajstić information content (AvgIpc) is 2.35. The van der Waals surface area contributed by atoms with E-state index in [4.69, 9.17) is 9.11 Å². The van der Waals surface area contributed by atoms with Crippen LogP contribution in [0.25, 0.3) is 0 Å². The molecule has 0 aromatic carbocycles. The zero-order valence-corrected chi connectivity index (χ0v) is 15.5. The van der Waals surface area contributed by atoms with Crippen molar-refractivity contribution >= 4 is 69.9 Å². The second-order valence-corrected chi connectivity index (χ2v) is 6.63. The van der Waals surface area contributed by atoms with Crippen LogP contribution in [0.15, 0.2) is 0 Å². The van der Waals surface area contributed by atoms with Gasteiger partial charge in [0.2, 0.25) is 0 Å². The molecule has 0 amide bonds. The molecular formula is C6H2CaF8O10S2. The van der Waals surface area contributed by atoms with Crippen molar-refractivity contribution in [3.8, 4) is 0 Å². The Hall–Kier alpha value is -0.540. The van der Waals surface area contributed by atoms with E-state index in [9.17, 15) is 71.8 Å². The predicted octanol–water partition coefficient (Wildman–Crippen LogP) is -2.68. The van der Waals surface area contributed by atoms with Gasteiger partial charge in [-0.25, -0.2) is 0 Å². The first kappa shape index (κ1) is 31.2. The van der Waals surface area contributed by atoms with Crippen molar-refractivity contribution in [2.45, 2.75) is 22.4 Å². The summed E-state index contributed by atoms with van der Waals surface area (Å²) in [5, 5.41) is 6.57. The number of rotatable bonds is 6.